The predicted octanol–water partition coefficient (Wildman–Crippen LogP) is 3.95. The van der Waals surface area contributed by atoms with Crippen LogP contribution in [0.15, 0.2) is 54.6 Å². The van der Waals surface area contributed by atoms with E-state index in [2.05, 4.69) is 41.7 Å². The van der Waals surface area contributed by atoms with E-state index in [9.17, 15) is 0 Å². The van der Waals surface area contributed by atoms with Gasteiger partial charge in [0, 0.05) is 6.04 Å². The summed E-state index contributed by atoms with van der Waals surface area (Å²) in [4.78, 5) is 0. The van der Waals surface area contributed by atoms with E-state index in [4.69, 9.17) is 4.74 Å². The van der Waals surface area contributed by atoms with Gasteiger partial charge in [0.2, 0.25) is 0 Å². The Labute approximate surface area is 127 Å². The summed E-state index contributed by atoms with van der Waals surface area (Å²) in [6, 6.07) is 19.5. The highest BCUT2D eigenvalue weighted by Crippen LogP contribution is 2.17. The lowest BCUT2D eigenvalue weighted by atomic mass is 10.0. The van der Waals surface area contributed by atoms with Crippen molar-refractivity contribution in [2.24, 2.45) is 0 Å². The molecule has 1 heterocycles. The topological polar surface area (TPSA) is 21.3 Å². The lowest BCUT2D eigenvalue weighted by Gasteiger charge is -2.10. The van der Waals surface area contributed by atoms with Gasteiger partial charge in [-0.3, -0.25) is 0 Å². The van der Waals surface area contributed by atoms with Gasteiger partial charge in [0.15, 0.2) is 0 Å². The molecule has 2 heteroatoms. The molecule has 3 rings (SSSR count). The van der Waals surface area contributed by atoms with Gasteiger partial charge in [0.1, 0.15) is 12.4 Å². The second kappa shape index (κ2) is 7.28. The van der Waals surface area contributed by atoms with Gasteiger partial charge in [0.25, 0.3) is 0 Å². The molecule has 1 aliphatic heterocycles. The molecule has 1 atom stereocenters. The SMILES string of the molecule is c1ccc(COc2ccc(CCC3CCCN3)cc2)cc1. The highest BCUT2D eigenvalue weighted by atomic mass is 16.5. The molecule has 21 heavy (non-hydrogen) atoms. The van der Waals surface area contributed by atoms with Crippen LogP contribution in [0, 0.1) is 0 Å². The first-order chi connectivity index (χ1) is 10.4. The van der Waals surface area contributed by atoms with Crippen LogP contribution in [0.5, 0.6) is 5.75 Å². The molecule has 1 fully saturated rings. The summed E-state index contributed by atoms with van der Waals surface area (Å²) in [6.45, 7) is 1.82. The number of benzene rings is 2. The third-order valence-corrected chi connectivity index (χ3v) is 4.12. The van der Waals surface area contributed by atoms with Crippen LogP contribution in [0.4, 0.5) is 0 Å². The minimum Gasteiger partial charge on any atom is -0.489 e. The fourth-order valence-corrected chi connectivity index (χ4v) is 2.84. The summed E-state index contributed by atoms with van der Waals surface area (Å²) >= 11 is 0. The monoisotopic (exact) mass is 281 g/mol. The van der Waals surface area contributed by atoms with Gasteiger partial charge in [-0.2, -0.15) is 0 Å². The largest absolute Gasteiger partial charge is 0.489 e. The molecule has 1 N–H and O–H groups in total. The van der Waals surface area contributed by atoms with E-state index in [1.807, 2.05) is 18.2 Å². The van der Waals surface area contributed by atoms with Crippen LogP contribution in [0.2, 0.25) is 0 Å². The van der Waals surface area contributed by atoms with Crippen LogP contribution < -0.4 is 10.1 Å². The molecule has 1 unspecified atom stereocenters. The maximum atomic E-state index is 5.81. The molecule has 0 radical (unpaired) electrons. The lowest BCUT2D eigenvalue weighted by Crippen LogP contribution is -2.21. The van der Waals surface area contributed by atoms with E-state index < -0.39 is 0 Å². The van der Waals surface area contributed by atoms with E-state index in [0.29, 0.717) is 6.61 Å². The summed E-state index contributed by atoms with van der Waals surface area (Å²) in [5, 5.41) is 3.55. The Morgan fingerprint density at radius 2 is 1.76 bits per heavy atom. The number of rotatable bonds is 6. The summed E-state index contributed by atoms with van der Waals surface area (Å²) in [6.07, 6.45) is 5.05. The van der Waals surface area contributed by atoms with Crippen LogP contribution in [-0.2, 0) is 13.0 Å². The molecule has 0 bridgehead atoms. The van der Waals surface area contributed by atoms with Gasteiger partial charge in [0.05, 0.1) is 0 Å². The van der Waals surface area contributed by atoms with Gasteiger partial charge >= 0.3 is 0 Å². The van der Waals surface area contributed by atoms with Crippen molar-refractivity contribution in [3.63, 3.8) is 0 Å². The van der Waals surface area contributed by atoms with Crippen LogP contribution in [0.1, 0.15) is 30.4 Å². The standard InChI is InChI=1S/C19H23NO/c1-2-5-17(6-3-1)15-21-19-12-9-16(10-13-19)8-11-18-7-4-14-20-18/h1-3,5-6,9-10,12-13,18,20H,4,7-8,11,14-15H2. The molecule has 1 saturated heterocycles. The number of ether oxygens (including phenoxy) is 1. The first-order valence-electron chi connectivity index (χ1n) is 7.89. The van der Waals surface area contributed by atoms with Crippen LogP contribution in [0.3, 0.4) is 0 Å². The number of aryl methyl sites for hydroxylation is 1. The molecule has 0 aromatic heterocycles. The Balaban J connectivity index is 1.47. The predicted molar refractivity (Wildman–Crippen MR) is 86.6 cm³/mol. The summed E-state index contributed by atoms with van der Waals surface area (Å²) in [5.74, 6) is 0.946. The van der Waals surface area contributed by atoms with Crippen LogP contribution >= 0.6 is 0 Å². The van der Waals surface area contributed by atoms with E-state index in [0.717, 1.165) is 18.2 Å². The molecular formula is C19H23NO. The van der Waals surface area contributed by atoms with Crippen molar-refractivity contribution in [1.82, 2.24) is 5.32 Å². The number of nitrogens with one attached hydrogen (secondary N) is 1. The highest BCUT2D eigenvalue weighted by molar-refractivity contribution is 5.28. The first-order valence-corrected chi connectivity index (χ1v) is 7.89. The van der Waals surface area contributed by atoms with Gasteiger partial charge in [-0.15, -0.1) is 0 Å². The summed E-state index contributed by atoms with van der Waals surface area (Å²) in [5.41, 5.74) is 2.60. The third-order valence-electron chi connectivity index (χ3n) is 4.12. The minimum absolute atomic E-state index is 0.631. The number of hydrogen-bond acceptors (Lipinski definition) is 2. The third kappa shape index (κ3) is 4.33. The highest BCUT2D eigenvalue weighted by Gasteiger charge is 2.13. The Hall–Kier alpha value is -1.80. The molecule has 0 amide bonds. The molecule has 0 saturated carbocycles. The van der Waals surface area contributed by atoms with Crippen molar-refractivity contribution in [3.8, 4) is 5.75 Å². The Bertz CT molecular complexity index is 529. The van der Waals surface area contributed by atoms with Crippen LogP contribution in [0.25, 0.3) is 0 Å². The molecular weight excluding hydrogens is 258 g/mol. The molecule has 1 aliphatic rings. The van der Waals surface area contributed by atoms with E-state index in [1.54, 1.807) is 0 Å². The van der Waals surface area contributed by atoms with Crippen molar-refractivity contribution < 1.29 is 4.74 Å². The molecule has 2 nitrogen and oxygen atoms in total. The van der Waals surface area contributed by atoms with Gasteiger partial charge < -0.3 is 10.1 Å². The smallest absolute Gasteiger partial charge is 0.119 e. The van der Waals surface area contributed by atoms with E-state index in [-0.39, 0.29) is 0 Å². The Morgan fingerprint density at radius 3 is 2.48 bits per heavy atom. The normalized spacial score (nSPS) is 17.8. The van der Waals surface area contributed by atoms with Crippen molar-refractivity contribution >= 4 is 0 Å². The fraction of sp³-hybridized carbons (Fsp3) is 0.368. The van der Waals surface area contributed by atoms with Crippen molar-refractivity contribution in [3.05, 3.63) is 65.7 Å². The lowest BCUT2D eigenvalue weighted by molar-refractivity contribution is 0.306. The maximum absolute atomic E-state index is 5.81. The molecule has 2 aromatic rings. The van der Waals surface area contributed by atoms with E-state index >= 15 is 0 Å². The van der Waals surface area contributed by atoms with Crippen molar-refractivity contribution in [2.75, 3.05) is 6.54 Å². The molecule has 0 spiro atoms. The van der Waals surface area contributed by atoms with Crippen molar-refractivity contribution in [2.45, 2.75) is 38.3 Å². The quantitative estimate of drug-likeness (QED) is 0.865. The average molecular weight is 281 g/mol. The molecule has 2 aromatic carbocycles. The zero-order valence-corrected chi connectivity index (χ0v) is 12.4. The fourth-order valence-electron chi connectivity index (χ4n) is 2.84. The zero-order valence-electron chi connectivity index (χ0n) is 12.4. The number of hydrogen-bond donors (Lipinski definition) is 1. The Morgan fingerprint density at radius 1 is 0.952 bits per heavy atom. The van der Waals surface area contributed by atoms with Gasteiger partial charge in [-0.05, 0) is 55.5 Å². The Kier molecular flexibility index (Phi) is 4.90. The summed E-state index contributed by atoms with van der Waals surface area (Å²) in [7, 11) is 0. The second-order valence-corrected chi connectivity index (χ2v) is 5.75. The second-order valence-electron chi connectivity index (χ2n) is 5.75. The maximum Gasteiger partial charge on any atom is 0.119 e. The van der Waals surface area contributed by atoms with Crippen molar-refractivity contribution in [1.29, 1.82) is 0 Å². The zero-order chi connectivity index (χ0) is 14.3. The first kappa shape index (κ1) is 14.2. The van der Waals surface area contributed by atoms with E-state index in [1.165, 1.54) is 36.9 Å². The van der Waals surface area contributed by atoms with Gasteiger partial charge in [-0.1, -0.05) is 42.5 Å². The molecule has 110 valence electrons. The summed E-state index contributed by atoms with van der Waals surface area (Å²) < 4.78 is 5.81. The molecule has 0 aliphatic carbocycles. The average Bonchev–Trinajstić information content (AvgIpc) is 3.06. The van der Waals surface area contributed by atoms with Gasteiger partial charge in [-0.25, -0.2) is 0 Å². The minimum atomic E-state index is 0.631. The van der Waals surface area contributed by atoms with Crippen LogP contribution in [-0.4, -0.2) is 12.6 Å².